The molecule has 2 aliphatic carbocycles. The normalized spacial score (nSPS) is 25.8. The summed E-state index contributed by atoms with van der Waals surface area (Å²) in [6.45, 7) is 3.45. The number of methoxy groups -OCH3 is 1. The molecule has 1 aliphatic heterocycles. The standard InChI is InChI=1S/C29H45N3O4/c1-3-23-14-8-9-16-32(23)29(35)26-20-31(18-21-11-10-15-24(17-21)36-2)19-25(27(26)33)28(34)30-22-12-6-4-5-7-13-22/h19-24H,3-18H2,1-2H3,(H,30,34). The summed E-state index contributed by atoms with van der Waals surface area (Å²) in [5.74, 6) is -0.160. The Morgan fingerprint density at radius 2 is 1.67 bits per heavy atom. The monoisotopic (exact) mass is 499 g/mol. The van der Waals surface area contributed by atoms with E-state index in [1.807, 2.05) is 9.47 Å². The first kappa shape index (κ1) is 26.9. The maximum Gasteiger partial charge on any atom is 0.259 e. The average Bonchev–Trinajstić information content (AvgIpc) is 3.17. The van der Waals surface area contributed by atoms with Gasteiger partial charge in [0.25, 0.3) is 11.8 Å². The molecule has 7 nitrogen and oxygen atoms in total. The smallest absolute Gasteiger partial charge is 0.259 e. The maximum absolute atomic E-state index is 13.7. The summed E-state index contributed by atoms with van der Waals surface area (Å²) in [7, 11) is 1.77. The molecule has 36 heavy (non-hydrogen) atoms. The fourth-order valence-electron chi connectivity index (χ4n) is 6.50. The van der Waals surface area contributed by atoms with E-state index in [1.165, 1.54) is 12.8 Å². The van der Waals surface area contributed by atoms with Crippen molar-refractivity contribution < 1.29 is 14.3 Å². The highest BCUT2D eigenvalue weighted by atomic mass is 16.5. The first-order valence-corrected chi connectivity index (χ1v) is 14.4. The largest absolute Gasteiger partial charge is 0.381 e. The SMILES string of the molecule is CCC1CCCCN1C(=O)c1cn(CC2CCCC(OC)C2)cc(C(=O)NC2CCCCCC2)c1=O. The molecule has 1 aromatic heterocycles. The van der Waals surface area contributed by atoms with Crippen LogP contribution in [0.25, 0.3) is 0 Å². The molecule has 1 saturated heterocycles. The summed E-state index contributed by atoms with van der Waals surface area (Å²) in [6.07, 6.45) is 18.3. The number of amides is 2. The minimum absolute atomic E-state index is 0.0968. The lowest BCUT2D eigenvalue weighted by Gasteiger charge is -2.35. The van der Waals surface area contributed by atoms with E-state index < -0.39 is 5.43 Å². The number of nitrogens with zero attached hydrogens (tertiary/aromatic N) is 2. The number of nitrogens with one attached hydrogen (secondary N) is 1. The summed E-state index contributed by atoms with van der Waals surface area (Å²) in [5, 5.41) is 3.13. The van der Waals surface area contributed by atoms with Crippen LogP contribution in [0.15, 0.2) is 17.2 Å². The third-order valence-electron chi connectivity index (χ3n) is 8.64. The number of piperidine rings is 1. The molecule has 0 spiro atoms. The van der Waals surface area contributed by atoms with Gasteiger partial charge in [-0.3, -0.25) is 14.4 Å². The van der Waals surface area contributed by atoms with Crippen LogP contribution in [0.5, 0.6) is 0 Å². The quantitative estimate of drug-likeness (QED) is 0.541. The molecule has 3 fully saturated rings. The molecular formula is C29H45N3O4. The van der Waals surface area contributed by atoms with Crippen molar-refractivity contribution >= 4 is 11.8 Å². The minimum atomic E-state index is -0.429. The zero-order valence-electron chi connectivity index (χ0n) is 22.3. The van der Waals surface area contributed by atoms with Gasteiger partial charge in [0.1, 0.15) is 11.1 Å². The van der Waals surface area contributed by atoms with Gasteiger partial charge >= 0.3 is 0 Å². The number of hydrogen-bond acceptors (Lipinski definition) is 4. The lowest BCUT2D eigenvalue weighted by Crippen LogP contribution is -2.46. The Hall–Kier alpha value is -2.15. The minimum Gasteiger partial charge on any atom is -0.381 e. The third kappa shape index (κ3) is 6.58. The number of ether oxygens (including phenoxy) is 1. The second-order valence-corrected chi connectivity index (χ2v) is 11.2. The highest BCUT2D eigenvalue weighted by Crippen LogP contribution is 2.28. The maximum atomic E-state index is 13.7. The van der Waals surface area contributed by atoms with E-state index in [9.17, 15) is 14.4 Å². The summed E-state index contributed by atoms with van der Waals surface area (Å²) in [4.78, 5) is 42.6. The van der Waals surface area contributed by atoms with Crippen LogP contribution in [0, 0.1) is 5.92 Å². The Morgan fingerprint density at radius 1 is 0.944 bits per heavy atom. The van der Waals surface area contributed by atoms with E-state index in [-0.39, 0.29) is 41.1 Å². The van der Waals surface area contributed by atoms with E-state index in [0.717, 1.165) is 77.0 Å². The number of rotatable bonds is 7. The van der Waals surface area contributed by atoms with Crippen LogP contribution < -0.4 is 10.7 Å². The van der Waals surface area contributed by atoms with Crippen LogP contribution in [-0.4, -0.2) is 53.1 Å². The number of pyridine rings is 1. The van der Waals surface area contributed by atoms with Crippen molar-refractivity contribution in [2.75, 3.05) is 13.7 Å². The molecule has 2 saturated carbocycles. The van der Waals surface area contributed by atoms with Crippen LogP contribution in [0.4, 0.5) is 0 Å². The fraction of sp³-hybridized carbons (Fsp3) is 0.759. The Kier molecular flexibility index (Phi) is 9.63. The Balaban J connectivity index is 1.63. The van der Waals surface area contributed by atoms with Gasteiger partial charge in [-0.25, -0.2) is 0 Å². The van der Waals surface area contributed by atoms with Crippen LogP contribution in [0.2, 0.25) is 0 Å². The Morgan fingerprint density at radius 3 is 2.39 bits per heavy atom. The van der Waals surface area contributed by atoms with Gasteiger partial charge in [0.05, 0.1) is 6.10 Å². The Labute approximate surface area is 216 Å². The van der Waals surface area contributed by atoms with E-state index >= 15 is 0 Å². The molecule has 1 N–H and O–H groups in total. The third-order valence-corrected chi connectivity index (χ3v) is 8.64. The molecule has 3 atom stereocenters. The fourth-order valence-corrected chi connectivity index (χ4v) is 6.50. The highest BCUT2D eigenvalue weighted by Gasteiger charge is 2.30. The molecule has 2 heterocycles. The number of aromatic nitrogens is 1. The predicted molar refractivity (Wildman–Crippen MR) is 141 cm³/mol. The van der Waals surface area contributed by atoms with E-state index in [1.54, 1.807) is 19.5 Å². The van der Waals surface area contributed by atoms with Crippen molar-refractivity contribution in [2.24, 2.45) is 5.92 Å². The topological polar surface area (TPSA) is 80.6 Å². The van der Waals surface area contributed by atoms with Gasteiger partial charge in [0, 0.05) is 44.7 Å². The summed E-state index contributed by atoms with van der Waals surface area (Å²) in [5.41, 5.74) is -0.182. The van der Waals surface area contributed by atoms with Gasteiger partial charge < -0.3 is 19.5 Å². The zero-order chi connectivity index (χ0) is 25.5. The number of carbonyl (C=O) groups excluding carboxylic acids is 2. The first-order valence-electron chi connectivity index (χ1n) is 14.4. The molecule has 1 aromatic rings. The molecular weight excluding hydrogens is 454 g/mol. The summed E-state index contributed by atoms with van der Waals surface area (Å²) >= 11 is 0. The van der Waals surface area contributed by atoms with Gasteiger partial charge in [0.15, 0.2) is 0 Å². The number of likely N-dealkylation sites (tertiary alicyclic amines) is 1. The number of hydrogen-bond donors (Lipinski definition) is 1. The lowest BCUT2D eigenvalue weighted by molar-refractivity contribution is 0.0470. The van der Waals surface area contributed by atoms with Crippen LogP contribution >= 0.6 is 0 Å². The van der Waals surface area contributed by atoms with Crippen molar-refractivity contribution in [3.63, 3.8) is 0 Å². The van der Waals surface area contributed by atoms with Crippen molar-refractivity contribution in [2.45, 2.75) is 122 Å². The van der Waals surface area contributed by atoms with Gasteiger partial charge in [-0.2, -0.15) is 0 Å². The van der Waals surface area contributed by atoms with Crippen molar-refractivity contribution in [3.8, 4) is 0 Å². The van der Waals surface area contributed by atoms with Gasteiger partial charge in [-0.15, -0.1) is 0 Å². The van der Waals surface area contributed by atoms with Crippen LogP contribution in [-0.2, 0) is 11.3 Å². The molecule has 200 valence electrons. The van der Waals surface area contributed by atoms with E-state index in [4.69, 9.17) is 4.74 Å². The molecule has 2 amide bonds. The molecule has 3 aliphatic rings. The van der Waals surface area contributed by atoms with Crippen molar-refractivity contribution in [1.29, 1.82) is 0 Å². The first-order chi connectivity index (χ1) is 17.5. The van der Waals surface area contributed by atoms with Crippen LogP contribution in [0.3, 0.4) is 0 Å². The second kappa shape index (κ2) is 12.9. The van der Waals surface area contributed by atoms with Gasteiger partial charge in [0.2, 0.25) is 5.43 Å². The molecule has 0 aromatic carbocycles. The van der Waals surface area contributed by atoms with E-state index in [2.05, 4.69) is 12.2 Å². The van der Waals surface area contributed by atoms with Gasteiger partial charge in [-0.1, -0.05) is 39.0 Å². The summed E-state index contributed by atoms with van der Waals surface area (Å²) < 4.78 is 7.55. The molecule has 0 radical (unpaired) electrons. The highest BCUT2D eigenvalue weighted by molar-refractivity contribution is 5.99. The second-order valence-electron chi connectivity index (χ2n) is 11.2. The van der Waals surface area contributed by atoms with Crippen molar-refractivity contribution in [3.05, 3.63) is 33.7 Å². The number of carbonyl (C=O) groups is 2. The zero-order valence-corrected chi connectivity index (χ0v) is 22.3. The molecule has 3 unspecified atom stereocenters. The predicted octanol–water partition coefficient (Wildman–Crippen LogP) is 4.91. The Bertz CT molecular complexity index is 950. The molecule has 4 rings (SSSR count). The van der Waals surface area contributed by atoms with Crippen LogP contribution in [0.1, 0.15) is 118 Å². The van der Waals surface area contributed by atoms with Gasteiger partial charge in [-0.05, 0) is 63.7 Å². The van der Waals surface area contributed by atoms with Crippen molar-refractivity contribution in [1.82, 2.24) is 14.8 Å². The lowest BCUT2D eigenvalue weighted by atomic mass is 9.87. The summed E-state index contributed by atoms with van der Waals surface area (Å²) in [6, 6.07) is 0.253. The molecule has 0 bridgehead atoms. The molecule has 7 heteroatoms. The van der Waals surface area contributed by atoms with E-state index in [0.29, 0.717) is 19.0 Å². The average molecular weight is 500 g/mol.